The molecule has 21 heavy (non-hydrogen) atoms. The van der Waals surface area contributed by atoms with Crippen LogP contribution in [-0.2, 0) is 4.79 Å². The Hall–Kier alpha value is -1.46. The maximum Gasteiger partial charge on any atom is 0.225 e. The number of nitrogens with two attached hydrogens (primary N) is 1. The molecule has 4 nitrogen and oxygen atoms in total. The van der Waals surface area contributed by atoms with Crippen LogP contribution in [0.25, 0.3) is 0 Å². The number of hydrogen-bond donors (Lipinski definition) is 2. The summed E-state index contributed by atoms with van der Waals surface area (Å²) in [6, 6.07) is 7.33. The fourth-order valence-corrected chi connectivity index (χ4v) is 2.08. The van der Waals surface area contributed by atoms with Crippen molar-refractivity contribution in [3.63, 3.8) is 0 Å². The average molecular weight is 307 g/mol. The Kier molecular flexibility index (Phi) is 7.32. The van der Waals surface area contributed by atoms with Gasteiger partial charge in [-0.3, -0.25) is 4.79 Å². The number of nitrogens with zero attached hydrogens (tertiary/aromatic N) is 1. The molecule has 0 spiro atoms. The van der Waals surface area contributed by atoms with E-state index in [-0.39, 0.29) is 5.91 Å². The molecule has 0 aliphatic carbocycles. The van der Waals surface area contributed by atoms with E-state index in [0.29, 0.717) is 28.6 Å². The summed E-state index contributed by atoms with van der Waals surface area (Å²) in [4.78, 5) is 14.5. The predicted molar refractivity (Wildman–Crippen MR) is 92.5 cm³/mol. The van der Waals surface area contributed by atoms with E-state index in [4.69, 9.17) is 18.0 Å². The van der Waals surface area contributed by atoms with Gasteiger partial charge < -0.3 is 16.0 Å². The Morgan fingerprint density at radius 3 is 2.62 bits per heavy atom. The van der Waals surface area contributed by atoms with E-state index in [1.165, 1.54) is 0 Å². The average Bonchev–Trinajstić information content (AvgIpc) is 2.43. The van der Waals surface area contributed by atoms with E-state index in [1.807, 2.05) is 31.3 Å². The highest BCUT2D eigenvalue weighted by Gasteiger charge is 2.09. The zero-order valence-electron chi connectivity index (χ0n) is 13.1. The van der Waals surface area contributed by atoms with Crippen molar-refractivity contribution in [3.8, 4) is 0 Å². The van der Waals surface area contributed by atoms with Crippen molar-refractivity contribution in [3.05, 3.63) is 29.8 Å². The number of anilines is 1. The highest BCUT2D eigenvalue weighted by Crippen LogP contribution is 2.15. The summed E-state index contributed by atoms with van der Waals surface area (Å²) in [5, 5.41) is 2.88. The molecule has 0 aliphatic rings. The molecule has 1 aromatic carbocycles. The maximum absolute atomic E-state index is 12.0. The fourth-order valence-electron chi connectivity index (χ4n) is 1.90. The van der Waals surface area contributed by atoms with Gasteiger partial charge in [-0.05, 0) is 38.1 Å². The summed E-state index contributed by atoms with van der Waals surface area (Å²) in [5.41, 5.74) is 7.04. The molecule has 0 atom stereocenters. The molecule has 0 fully saturated rings. The normalized spacial score (nSPS) is 10.9. The van der Waals surface area contributed by atoms with E-state index in [0.717, 1.165) is 19.5 Å². The van der Waals surface area contributed by atoms with E-state index < -0.39 is 0 Å². The molecule has 3 N–H and O–H groups in total. The van der Waals surface area contributed by atoms with Gasteiger partial charge in [-0.25, -0.2) is 0 Å². The van der Waals surface area contributed by atoms with Gasteiger partial charge in [0.25, 0.3) is 0 Å². The second-order valence-corrected chi connectivity index (χ2v) is 6.13. The van der Waals surface area contributed by atoms with Crippen LogP contribution in [0.4, 0.5) is 5.69 Å². The lowest BCUT2D eigenvalue weighted by Crippen LogP contribution is -2.26. The van der Waals surface area contributed by atoms with E-state index in [1.54, 1.807) is 0 Å². The van der Waals surface area contributed by atoms with Gasteiger partial charge in [0.2, 0.25) is 5.91 Å². The third kappa shape index (κ3) is 6.69. The van der Waals surface area contributed by atoms with Gasteiger partial charge in [-0.2, -0.15) is 0 Å². The molecule has 0 aliphatic heterocycles. The van der Waals surface area contributed by atoms with Crippen LogP contribution < -0.4 is 11.1 Å². The van der Waals surface area contributed by atoms with E-state index in [9.17, 15) is 4.79 Å². The van der Waals surface area contributed by atoms with Crippen LogP contribution in [0.1, 0.15) is 32.3 Å². The molecular weight excluding hydrogens is 282 g/mol. The van der Waals surface area contributed by atoms with Crippen molar-refractivity contribution < 1.29 is 4.79 Å². The van der Waals surface area contributed by atoms with Crippen molar-refractivity contribution >= 4 is 28.8 Å². The molecule has 5 heteroatoms. The van der Waals surface area contributed by atoms with Crippen molar-refractivity contribution in [2.45, 2.75) is 26.7 Å². The highest BCUT2D eigenvalue weighted by atomic mass is 32.1. The van der Waals surface area contributed by atoms with E-state index in [2.05, 4.69) is 24.1 Å². The minimum atomic E-state index is -0.0184. The van der Waals surface area contributed by atoms with E-state index >= 15 is 0 Å². The Bertz CT molecular complexity index is 488. The molecule has 1 amide bonds. The fraction of sp³-hybridized carbons (Fsp3) is 0.500. The van der Waals surface area contributed by atoms with Crippen LogP contribution in [0.15, 0.2) is 24.3 Å². The third-order valence-corrected chi connectivity index (χ3v) is 3.50. The molecule has 0 radical (unpaired) electrons. The SMILES string of the molecule is CC(C)CCN(C)CCC(=O)Nc1ccccc1C(N)=S. The Morgan fingerprint density at radius 1 is 1.33 bits per heavy atom. The zero-order valence-corrected chi connectivity index (χ0v) is 13.9. The van der Waals surface area contributed by atoms with Crippen molar-refractivity contribution in [2.24, 2.45) is 11.7 Å². The lowest BCUT2D eigenvalue weighted by atomic mass is 10.1. The van der Waals surface area contributed by atoms with Gasteiger partial charge in [-0.1, -0.05) is 38.2 Å². The topological polar surface area (TPSA) is 58.4 Å². The number of rotatable bonds is 8. The summed E-state index contributed by atoms with van der Waals surface area (Å²) >= 11 is 4.99. The summed E-state index contributed by atoms with van der Waals surface area (Å²) in [5.74, 6) is 0.661. The number of nitrogens with one attached hydrogen (secondary N) is 1. The quantitative estimate of drug-likeness (QED) is 0.725. The van der Waals surface area contributed by atoms with Gasteiger partial charge >= 0.3 is 0 Å². The Morgan fingerprint density at radius 2 is 2.00 bits per heavy atom. The predicted octanol–water partition coefficient (Wildman–Crippen LogP) is 2.63. The molecule has 0 saturated heterocycles. The first-order chi connectivity index (χ1) is 9.90. The third-order valence-electron chi connectivity index (χ3n) is 3.28. The first-order valence-electron chi connectivity index (χ1n) is 7.27. The van der Waals surface area contributed by atoms with Crippen LogP contribution >= 0.6 is 12.2 Å². The van der Waals surface area contributed by atoms with Gasteiger partial charge in [-0.15, -0.1) is 0 Å². The van der Waals surface area contributed by atoms with Crippen molar-refractivity contribution in [1.82, 2.24) is 4.90 Å². The number of para-hydroxylation sites is 1. The van der Waals surface area contributed by atoms with Crippen LogP contribution in [0, 0.1) is 5.92 Å². The second kappa shape index (κ2) is 8.74. The molecule has 1 aromatic rings. The summed E-state index contributed by atoms with van der Waals surface area (Å²) in [7, 11) is 2.04. The van der Waals surface area contributed by atoms with Gasteiger partial charge in [0.15, 0.2) is 0 Å². The number of amides is 1. The van der Waals surface area contributed by atoms with Crippen LogP contribution in [-0.4, -0.2) is 35.9 Å². The number of benzene rings is 1. The molecule has 116 valence electrons. The number of thiocarbonyl (C=S) groups is 1. The maximum atomic E-state index is 12.0. The lowest BCUT2D eigenvalue weighted by Gasteiger charge is -2.17. The number of hydrogen-bond acceptors (Lipinski definition) is 3. The van der Waals surface area contributed by atoms with Crippen molar-refractivity contribution in [2.75, 3.05) is 25.5 Å². The standard InChI is InChI=1S/C16H25N3OS/c1-12(2)8-10-19(3)11-9-15(20)18-14-7-5-4-6-13(14)16(17)21/h4-7,12H,8-11H2,1-3H3,(H2,17,21)(H,18,20). The molecule has 0 unspecified atom stereocenters. The molecule has 0 heterocycles. The largest absolute Gasteiger partial charge is 0.389 e. The zero-order chi connectivity index (χ0) is 15.8. The molecule has 0 aromatic heterocycles. The molecular formula is C16H25N3OS. The van der Waals surface area contributed by atoms with Crippen LogP contribution in [0.3, 0.4) is 0 Å². The highest BCUT2D eigenvalue weighted by molar-refractivity contribution is 7.80. The molecule has 0 bridgehead atoms. The van der Waals surface area contributed by atoms with Crippen LogP contribution in [0.2, 0.25) is 0 Å². The number of carbonyl (C=O) groups excluding carboxylic acids is 1. The summed E-state index contributed by atoms with van der Waals surface area (Å²) in [6.45, 7) is 6.16. The summed E-state index contributed by atoms with van der Waals surface area (Å²) in [6.07, 6.45) is 1.60. The van der Waals surface area contributed by atoms with Gasteiger partial charge in [0.1, 0.15) is 4.99 Å². The van der Waals surface area contributed by atoms with Crippen molar-refractivity contribution in [1.29, 1.82) is 0 Å². The Balaban J connectivity index is 2.46. The van der Waals surface area contributed by atoms with Gasteiger partial charge in [0, 0.05) is 18.5 Å². The Labute approximate surface area is 132 Å². The van der Waals surface area contributed by atoms with Gasteiger partial charge in [0.05, 0.1) is 5.69 Å². The minimum Gasteiger partial charge on any atom is -0.389 e. The second-order valence-electron chi connectivity index (χ2n) is 5.69. The number of carbonyl (C=O) groups is 1. The lowest BCUT2D eigenvalue weighted by molar-refractivity contribution is -0.116. The molecule has 1 rings (SSSR count). The van der Waals surface area contributed by atoms with Crippen LogP contribution in [0.5, 0.6) is 0 Å². The smallest absolute Gasteiger partial charge is 0.225 e. The first-order valence-corrected chi connectivity index (χ1v) is 7.68. The summed E-state index contributed by atoms with van der Waals surface area (Å²) < 4.78 is 0. The monoisotopic (exact) mass is 307 g/mol. The minimum absolute atomic E-state index is 0.0184. The first kappa shape index (κ1) is 17.6. The molecule has 0 saturated carbocycles.